The van der Waals surface area contributed by atoms with E-state index in [1.807, 2.05) is 30.0 Å². The monoisotopic (exact) mass is 271 g/mol. The van der Waals surface area contributed by atoms with Crippen LogP contribution in [0.2, 0.25) is 0 Å². The largest absolute Gasteiger partial charge is 0.360 e. The summed E-state index contributed by atoms with van der Waals surface area (Å²) in [5, 5.41) is 0. The first-order valence-electron chi connectivity index (χ1n) is 4.39. The van der Waals surface area contributed by atoms with E-state index >= 15 is 0 Å². The van der Waals surface area contributed by atoms with E-state index in [1.165, 1.54) is 0 Å². The topological polar surface area (TPSA) is 20.3 Å². The van der Waals surface area contributed by atoms with Gasteiger partial charge in [-0.1, -0.05) is 6.07 Å². The lowest BCUT2D eigenvalue weighted by Crippen LogP contribution is -2.20. The van der Waals surface area contributed by atoms with Crippen molar-refractivity contribution < 1.29 is 4.79 Å². The fourth-order valence-electron chi connectivity index (χ4n) is 1.55. The molecule has 0 aliphatic carbocycles. The Kier molecular flexibility index (Phi) is 3.13. The molecule has 1 aromatic carbocycles. The van der Waals surface area contributed by atoms with Crippen molar-refractivity contribution in [1.29, 1.82) is 0 Å². The van der Waals surface area contributed by atoms with Crippen LogP contribution >= 0.6 is 27.7 Å². The number of aldehydes is 1. The first-order valence-corrected chi connectivity index (χ1v) is 6.34. The SMILES string of the molecule is O=Cc1cccc(Br)c1N1CCSC1. The van der Waals surface area contributed by atoms with Gasteiger partial charge in [0.05, 0.1) is 11.6 Å². The van der Waals surface area contributed by atoms with Crippen LogP contribution in [0.3, 0.4) is 0 Å². The highest BCUT2D eigenvalue weighted by molar-refractivity contribution is 9.10. The van der Waals surface area contributed by atoms with Crippen molar-refractivity contribution in [2.24, 2.45) is 0 Å². The molecule has 2 nitrogen and oxygen atoms in total. The first-order chi connectivity index (χ1) is 6.83. The van der Waals surface area contributed by atoms with Crippen molar-refractivity contribution in [3.05, 3.63) is 28.2 Å². The lowest BCUT2D eigenvalue weighted by Gasteiger charge is -2.20. The highest BCUT2D eigenvalue weighted by atomic mass is 79.9. The Hall–Kier alpha value is -0.480. The maximum atomic E-state index is 10.9. The van der Waals surface area contributed by atoms with Gasteiger partial charge in [-0.05, 0) is 28.1 Å². The maximum Gasteiger partial charge on any atom is 0.152 e. The number of rotatable bonds is 2. The molecule has 14 heavy (non-hydrogen) atoms. The third-order valence-corrected chi connectivity index (χ3v) is 3.82. The molecule has 0 atom stereocenters. The van der Waals surface area contributed by atoms with Gasteiger partial charge in [0.2, 0.25) is 0 Å². The van der Waals surface area contributed by atoms with Crippen molar-refractivity contribution in [2.45, 2.75) is 0 Å². The average molecular weight is 272 g/mol. The van der Waals surface area contributed by atoms with Crippen LogP contribution in [0.4, 0.5) is 5.69 Å². The zero-order chi connectivity index (χ0) is 9.97. The molecular weight excluding hydrogens is 262 g/mol. The molecule has 0 radical (unpaired) electrons. The Bertz CT molecular complexity index is 350. The molecule has 0 spiro atoms. The number of thioether (sulfide) groups is 1. The fourth-order valence-corrected chi connectivity index (χ4v) is 3.14. The number of nitrogens with zero attached hydrogens (tertiary/aromatic N) is 1. The van der Waals surface area contributed by atoms with Crippen LogP contribution in [0.1, 0.15) is 10.4 Å². The van der Waals surface area contributed by atoms with E-state index in [0.717, 1.165) is 40.2 Å². The summed E-state index contributed by atoms with van der Waals surface area (Å²) in [5.74, 6) is 2.11. The molecule has 1 heterocycles. The highest BCUT2D eigenvalue weighted by Crippen LogP contribution is 2.32. The summed E-state index contributed by atoms with van der Waals surface area (Å²) < 4.78 is 1.00. The van der Waals surface area contributed by atoms with Crippen molar-refractivity contribution >= 4 is 39.7 Å². The Balaban J connectivity index is 2.42. The quantitative estimate of drug-likeness (QED) is 0.772. The van der Waals surface area contributed by atoms with Gasteiger partial charge >= 0.3 is 0 Å². The Morgan fingerprint density at radius 2 is 2.36 bits per heavy atom. The number of carbonyl (C=O) groups excluding carboxylic acids is 1. The smallest absolute Gasteiger partial charge is 0.152 e. The molecule has 1 saturated heterocycles. The molecule has 0 saturated carbocycles. The van der Waals surface area contributed by atoms with Gasteiger partial charge in [0.1, 0.15) is 0 Å². The summed E-state index contributed by atoms with van der Waals surface area (Å²) in [7, 11) is 0. The standard InChI is InChI=1S/C10H10BrNOS/c11-9-3-1-2-8(6-13)10(9)12-4-5-14-7-12/h1-3,6H,4-5,7H2. The van der Waals surface area contributed by atoms with Gasteiger partial charge in [-0.25, -0.2) is 0 Å². The molecule has 0 amide bonds. The second-order valence-corrected chi connectivity index (χ2v) is 5.03. The molecule has 0 bridgehead atoms. The molecule has 1 aliphatic heterocycles. The van der Waals surface area contributed by atoms with Gasteiger partial charge < -0.3 is 4.90 Å². The van der Waals surface area contributed by atoms with E-state index in [-0.39, 0.29) is 0 Å². The first kappa shape index (κ1) is 10.1. The third kappa shape index (κ3) is 1.81. The summed E-state index contributed by atoms with van der Waals surface area (Å²) in [4.78, 5) is 13.1. The minimum absolute atomic E-state index is 0.766. The van der Waals surface area contributed by atoms with E-state index in [2.05, 4.69) is 20.8 Å². The molecule has 4 heteroatoms. The van der Waals surface area contributed by atoms with E-state index in [4.69, 9.17) is 0 Å². The van der Waals surface area contributed by atoms with Crippen LogP contribution < -0.4 is 4.90 Å². The zero-order valence-electron chi connectivity index (χ0n) is 7.57. The molecule has 1 aliphatic rings. The summed E-state index contributed by atoms with van der Waals surface area (Å²) in [6, 6.07) is 5.72. The summed E-state index contributed by atoms with van der Waals surface area (Å²) in [6.07, 6.45) is 0.920. The average Bonchev–Trinajstić information content (AvgIpc) is 2.70. The minimum atomic E-state index is 0.766. The predicted molar refractivity (Wildman–Crippen MR) is 64.2 cm³/mol. The minimum Gasteiger partial charge on any atom is -0.360 e. The second kappa shape index (κ2) is 4.36. The van der Waals surface area contributed by atoms with Crippen molar-refractivity contribution in [3.63, 3.8) is 0 Å². The van der Waals surface area contributed by atoms with Crippen molar-refractivity contribution in [1.82, 2.24) is 0 Å². The number of carbonyl (C=O) groups is 1. The van der Waals surface area contributed by atoms with Crippen LogP contribution in [0.5, 0.6) is 0 Å². The van der Waals surface area contributed by atoms with Gasteiger partial charge in [-0.3, -0.25) is 4.79 Å². The van der Waals surface area contributed by atoms with Gasteiger partial charge in [-0.2, -0.15) is 0 Å². The molecule has 0 N–H and O–H groups in total. The number of halogens is 1. The lowest BCUT2D eigenvalue weighted by molar-refractivity contribution is 0.112. The summed E-state index contributed by atoms with van der Waals surface area (Å²) in [6.45, 7) is 1.02. The number of benzene rings is 1. The Morgan fingerprint density at radius 1 is 1.50 bits per heavy atom. The van der Waals surface area contributed by atoms with Crippen LogP contribution in [0.25, 0.3) is 0 Å². The normalized spacial score (nSPS) is 15.9. The summed E-state index contributed by atoms with van der Waals surface area (Å²) in [5.41, 5.74) is 1.80. The van der Waals surface area contributed by atoms with Crippen molar-refractivity contribution in [3.8, 4) is 0 Å². The van der Waals surface area contributed by atoms with E-state index in [0.29, 0.717) is 0 Å². The number of anilines is 1. The summed E-state index contributed by atoms with van der Waals surface area (Å²) >= 11 is 5.38. The van der Waals surface area contributed by atoms with E-state index in [1.54, 1.807) is 0 Å². The van der Waals surface area contributed by atoms with E-state index in [9.17, 15) is 4.79 Å². The third-order valence-electron chi connectivity index (χ3n) is 2.21. The maximum absolute atomic E-state index is 10.9. The lowest BCUT2D eigenvalue weighted by atomic mass is 10.2. The molecule has 0 unspecified atom stereocenters. The Labute approximate surface area is 95.8 Å². The van der Waals surface area contributed by atoms with Crippen molar-refractivity contribution in [2.75, 3.05) is 23.1 Å². The van der Waals surface area contributed by atoms with Crippen LogP contribution in [-0.4, -0.2) is 24.5 Å². The molecule has 0 aromatic heterocycles. The zero-order valence-corrected chi connectivity index (χ0v) is 9.97. The van der Waals surface area contributed by atoms with Gasteiger partial charge in [0.15, 0.2) is 6.29 Å². The molecule has 74 valence electrons. The predicted octanol–water partition coefficient (Wildman–Crippen LogP) is 2.77. The number of para-hydroxylation sites is 1. The van der Waals surface area contributed by atoms with Crippen LogP contribution in [0, 0.1) is 0 Å². The van der Waals surface area contributed by atoms with Crippen LogP contribution in [0.15, 0.2) is 22.7 Å². The van der Waals surface area contributed by atoms with Crippen LogP contribution in [-0.2, 0) is 0 Å². The highest BCUT2D eigenvalue weighted by Gasteiger charge is 2.18. The fraction of sp³-hybridized carbons (Fsp3) is 0.300. The second-order valence-electron chi connectivity index (χ2n) is 3.10. The molecular formula is C10H10BrNOS. The number of hydrogen-bond acceptors (Lipinski definition) is 3. The molecule has 1 fully saturated rings. The van der Waals surface area contributed by atoms with Gasteiger partial charge in [0.25, 0.3) is 0 Å². The molecule has 2 rings (SSSR count). The molecule has 1 aromatic rings. The van der Waals surface area contributed by atoms with E-state index < -0.39 is 0 Å². The van der Waals surface area contributed by atoms with Gasteiger partial charge in [-0.15, -0.1) is 11.8 Å². The number of hydrogen-bond donors (Lipinski definition) is 0. The van der Waals surface area contributed by atoms with Gasteiger partial charge in [0, 0.05) is 22.3 Å². The Morgan fingerprint density at radius 3 is 3.00 bits per heavy atom.